The number of anilines is 2. The molecule has 0 aromatic carbocycles. The number of carbonyl (C=O) groups is 1. The van der Waals surface area contributed by atoms with Gasteiger partial charge in [0.2, 0.25) is 5.95 Å². The molecule has 0 amide bonds. The highest BCUT2D eigenvalue weighted by atomic mass is 16.5. The smallest absolute Gasteiger partial charge is 0.331 e. The minimum atomic E-state index is -0.610. The molecule has 2 aromatic heterocycles. The first-order valence-corrected chi connectivity index (χ1v) is 8.35. The lowest BCUT2D eigenvalue weighted by molar-refractivity contribution is -0.147. The molecule has 0 saturated heterocycles. The molecule has 2 atom stereocenters. The Hall–Kier alpha value is -2.68. The minimum Gasteiger partial charge on any atom is -0.463 e. The van der Waals surface area contributed by atoms with Crippen molar-refractivity contribution in [3.63, 3.8) is 0 Å². The Bertz CT molecular complexity index is 829. The van der Waals surface area contributed by atoms with E-state index in [-0.39, 0.29) is 24.5 Å². The maximum Gasteiger partial charge on any atom is 0.331 e. The van der Waals surface area contributed by atoms with Crippen LogP contribution in [0.1, 0.15) is 25.3 Å². The van der Waals surface area contributed by atoms with E-state index in [0.29, 0.717) is 23.0 Å². The third-order valence-electron chi connectivity index (χ3n) is 4.45. The molecule has 1 saturated carbocycles. The van der Waals surface area contributed by atoms with Crippen LogP contribution in [0.2, 0.25) is 0 Å². The zero-order chi connectivity index (χ0) is 17.4. The number of fused-ring (bicyclic) bond motifs is 1. The number of nitrogens with two attached hydrogens (primary N) is 1. The number of ether oxygens (including phenoxy) is 1. The molecule has 132 valence electrons. The molecule has 0 aliphatic heterocycles. The molecule has 25 heavy (non-hydrogen) atoms. The van der Waals surface area contributed by atoms with Gasteiger partial charge < -0.3 is 25.5 Å². The van der Waals surface area contributed by atoms with Crippen molar-refractivity contribution >= 4 is 28.9 Å². The Morgan fingerprint density at radius 2 is 2.24 bits per heavy atom. The number of nitrogen functional groups attached to an aromatic ring is 1. The second-order valence-corrected chi connectivity index (χ2v) is 6.46. The zero-order valence-corrected chi connectivity index (χ0v) is 13.6. The Morgan fingerprint density at radius 1 is 1.40 bits per heavy atom. The quantitative estimate of drug-likeness (QED) is 0.514. The van der Waals surface area contributed by atoms with E-state index in [1.807, 2.05) is 16.7 Å². The first-order valence-electron chi connectivity index (χ1n) is 8.35. The van der Waals surface area contributed by atoms with Crippen LogP contribution in [0.5, 0.6) is 0 Å². The average Bonchev–Trinajstić information content (AvgIpc) is 3.12. The SMILES string of the molecule is Nc1nc(NC2CC2)c2ncn([C@H]3C=C[C@@H](COC(=O)CO)C3)c2n1. The molecule has 4 rings (SSSR count). The summed E-state index contributed by atoms with van der Waals surface area (Å²) < 4.78 is 6.96. The maximum atomic E-state index is 11.1. The number of hydrogen-bond acceptors (Lipinski definition) is 8. The highest BCUT2D eigenvalue weighted by Crippen LogP contribution is 2.33. The molecule has 0 bridgehead atoms. The predicted octanol–water partition coefficient (Wildman–Crippen LogP) is 0.635. The summed E-state index contributed by atoms with van der Waals surface area (Å²) >= 11 is 0. The molecule has 0 unspecified atom stereocenters. The molecular weight excluding hydrogens is 324 g/mol. The van der Waals surface area contributed by atoms with Gasteiger partial charge in [-0.25, -0.2) is 9.78 Å². The van der Waals surface area contributed by atoms with Gasteiger partial charge in [0.05, 0.1) is 19.0 Å². The summed E-state index contributed by atoms with van der Waals surface area (Å²) in [7, 11) is 0. The summed E-state index contributed by atoms with van der Waals surface area (Å²) in [5.41, 5.74) is 7.27. The monoisotopic (exact) mass is 344 g/mol. The summed E-state index contributed by atoms with van der Waals surface area (Å²) in [5.74, 6) is 0.384. The first kappa shape index (κ1) is 15.8. The number of imidazole rings is 1. The zero-order valence-electron chi connectivity index (χ0n) is 13.6. The van der Waals surface area contributed by atoms with Crippen LogP contribution in [0.15, 0.2) is 18.5 Å². The van der Waals surface area contributed by atoms with E-state index in [1.54, 1.807) is 6.33 Å². The topological polar surface area (TPSA) is 128 Å². The second kappa shape index (κ2) is 6.32. The van der Waals surface area contributed by atoms with E-state index in [9.17, 15) is 4.79 Å². The van der Waals surface area contributed by atoms with Gasteiger partial charge >= 0.3 is 5.97 Å². The van der Waals surface area contributed by atoms with Crippen molar-refractivity contribution in [3.05, 3.63) is 18.5 Å². The summed E-state index contributed by atoms with van der Waals surface area (Å²) in [4.78, 5) is 24.2. The molecule has 4 N–H and O–H groups in total. The number of nitrogens with zero attached hydrogens (tertiary/aromatic N) is 4. The van der Waals surface area contributed by atoms with Crippen molar-refractivity contribution in [1.82, 2.24) is 19.5 Å². The van der Waals surface area contributed by atoms with E-state index in [1.165, 1.54) is 0 Å². The largest absolute Gasteiger partial charge is 0.463 e. The van der Waals surface area contributed by atoms with Crippen molar-refractivity contribution in [2.75, 3.05) is 24.3 Å². The molecule has 2 aliphatic carbocycles. The van der Waals surface area contributed by atoms with Crippen molar-refractivity contribution < 1.29 is 14.6 Å². The normalized spacial score (nSPS) is 22.4. The van der Waals surface area contributed by atoms with Crippen molar-refractivity contribution in [3.8, 4) is 0 Å². The number of aromatic nitrogens is 4. The minimum absolute atomic E-state index is 0.0610. The number of aliphatic hydroxyl groups is 1. The van der Waals surface area contributed by atoms with Gasteiger partial charge in [-0.05, 0) is 19.3 Å². The Balaban J connectivity index is 1.53. The van der Waals surface area contributed by atoms with E-state index in [4.69, 9.17) is 15.6 Å². The lowest BCUT2D eigenvalue weighted by atomic mass is 10.1. The van der Waals surface area contributed by atoms with E-state index >= 15 is 0 Å². The highest BCUT2D eigenvalue weighted by molar-refractivity contribution is 5.84. The molecule has 0 radical (unpaired) electrons. The van der Waals surface area contributed by atoms with Gasteiger partial charge in [-0.15, -0.1) is 0 Å². The number of allylic oxidation sites excluding steroid dienone is 1. The van der Waals surface area contributed by atoms with Crippen LogP contribution in [0.3, 0.4) is 0 Å². The Kier molecular flexibility index (Phi) is 4.00. The molecule has 9 nitrogen and oxygen atoms in total. The molecule has 0 spiro atoms. The molecule has 2 aromatic rings. The standard InChI is InChI=1S/C16H20N6O3/c17-16-20-14(19-10-2-3-10)13-15(21-16)22(8-18-13)11-4-1-9(5-11)7-25-12(24)6-23/h1,4,8-11,23H,2-3,5-7H2,(H3,17,19,20,21)/t9-,11+/m1/s1. The summed E-state index contributed by atoms with van der Waals surface area (Å²) in [6.07, 6.45) is 8.82. The van der Waals surface area contributed by atoms with Crippen LogP contribution in [0, 0.1) is 5.92 Å². The van der Waals surface area contributed by atoms with Crippen molar-refractivity contribution in [2.24, 2.45) is 5.92 Å². The van der Waals surface area contributed by atoms with Crippen LogP contribution in [0.4, 0.5) is 11.8 Å². The van der Waals surface area contributed by atoms with E-state index < -0.39 is 12.6 Å². The average molecular weight is 344 g/mol. The fourth-order valence-electron chi connectivity index (χ4n) is 3.03. The van der Waals surface area contributed by atoms with Gasteiger partial charge in [-0.3, -0.25) is 0 Å². The Labute approximate surface area is 143 Å². The van der Waals surface area contributed by atoms with Crippen LogP contribution >= 0.6 is 0 Å². The fraction of sp³-hybridized carbons (Fsp3) is 0.500. The maximum absolute atomic E-state index is 11.1. The Morgan fingerprint density at radius 3 is 3.00 bits per heavy atom. The second-order valence-electron chi connectivity index (χ2n) is 6.46. The third-order valence-corrected chi connectivity index (χ3v) is 4.45. The van der Waals surface area contributed by atoms with Gasteiger partial charge in [-0.2, -0.15) is 9.97 Å². The van der Waals surface area contributed by atoms with Gasteiger partial charge in [-0.1, -0.05) is 12.2 Å². The van der Waals surface area contributed by atoms with Gasteiger partial charge in [0.1, 0.15) is 6.61 Å². The molecular formula is C16H20N6O3. The molecule has 9 heteroatoms. The first-order chi connectivity index (χ1) is 12.1. The lowest BCUT2D eigenvalue weighted by Gasteiger charge is -2.14. The van der Waals surface area contributed by atoms with Gasteiger partial charge in [0.15, 0.2) is 17.0 Å². The summed E-state index contributed by atoms with van der Waals surface area (Å²) in [5, 5.41) is 12.1. The van der Waals surface area contributed by atoms with Crippen LogP contribution < -0.4 is 11.1 Å². The molecule has 2 aliphatic rings. The molecule has 1 fully saturated rings. The number of aliphatic hydroxyl groups excluding tert-OH is 1. The van der Waals surface area contributed by atoms with E-state index in [0.717, 1.165) is 19.3 Å². The highest BCUT2D eigenvalue weighted by Gasteiger charge is 2.26. The van der Waals surface area contributed by atoms with Crippen molar-refractivity contribution in [1.29, 1.82) is 0 Å². The van der Waals surface area contributed by atoms with Crippen molar-refractivity contribution in [2.45, 2.75) is 31.3 Å². The number of nitrogens with one attached hydrogen (secondary N) is 1. The van der Waals surface area contributed by atoms with Crippen LogP contribution in [-0.4, -0.2) is 49.9 Å². The lowest BCUT2D eigenvalue weighted by Crippen LogP contribution is -2.15. The summed E-state index contributed by atoms with van der Waals surface area (Å²) in [6, 6.07) is 0.505. The number of rotatable bonds is 6. The molecule has 2 heterocycles. The van der Waals surface area contributed by atoms with Crippen LogP contribution in [-0.2, 0) is 9.53 Å². The number of esters is 1. The number of carbonyl (C=O) groups excluding carboxylic acids is 1. The van der Waals surface area contributed by atoms with Crippen LogP contribution in [0.25, 0.3) is 11.2 Å². The van der Waals surface area contributed by atoms with Gasteiger partial charge in [0, 0.05) is 12.0 Å². The predicted molar refractivity (Wildman–Crippen MR) is 90.7 cm³/mol. The fourth-order valence-corrected chi connectivity index (χ4v) is 3.03. The third kappa shape index (κ3) is 3.27. The van der Waals surface area contributed by atoms with E-state index in [2.05, 4.69) is 20.3 Å². The summed E-state index contributed by atoms with van der Waals surface area (Å²) in [6.45, 7) is -0.344. The number of hydrogen-bond donors (Lipinski definition) is 3. The van der Waals surface area contributed by atoms with Gasteiger partial charge in [0.25, 0.3) is 0 Å².